The number of anilines is 1. The highest BCUT2D eigenvalue weighted by molar-refractivity contribution is 7.15. The van der Waals surface area contributed by atoms with Crippen molar-refractivity contribution in [2.75, 3.05) is 51.3 Å². The third-order valence-electron chi connectivity index (χ3n) is 6.15. The van der Waals surface area contributed by atoms with Crippen molar-refractivity contribution in [1.29, 1.82) is 0 Å². The number of fused-ring (bicyclic) bond motifs is 1. The molecule has 0 spiro atoms. The Labute approximate surface area is 166 Å². The van der Waals surface area contributed by atoms with Crippen LogP contribution in [0.2, 0.25) is 0 Å². The van der Waals surface area contributed by atoms with Gasteiger partial charge in [-0.15, -0.1) is 11.3 Å². The van der Waals surface area contributed by atoms with Gasteiger partial charge in [0.25, 0.3) is 0 Å². The molecule has 1 aromatic rings. The van der Waals surface area contributed by atoms with Gasteiger partial charge in [-0.3, -0.25) is 10.2 Å². The highest BCUT2D eigenvalue weighted by Crippen LogP contribution is 2.30. The molecule has 27 heavy (non-hydrogen) atoms. The second-order valence-corrected chi connectivity index (χ2v) is 9.14. The average Bonchev–Trinajstić information content (AvgIpc) is 3.11. The summed E-state index contributed by atoms with van der Waals surface area (Å²) in [6.45, 7) is 6.87. The zero-order valence-corrected chi connectivity index (χ0v) is 17.1. The van der Waals surface area contributed by atoms with Crippen LogP contribution < -0.4 is 5.32 Å². The van der Waals surface area contributed by atoms with Crippen molar-refractivity contribution in [3.8, 4) is 0 Å². The topological polar surface area (TPSA) is 57.7 Å². The van der Waals surface area contributed by atoms with Crippen LogP contribution in [0.3, 0.4) is 0 Å². The molecule has 7 heteroatoms. The van der Waals surface area contributed by atoms with Crippen molar-refractivity contribution in [2.24, 2.45) is 5.92 Å². The number of aryl methyl sites for hydroxylation is 2. The van der Waals surface area contributed by atoms with E-state index in [0.29, 0.717) is 0 Å². The summed E-state index contributed by atoms with van der Waals surface area (Å²) in [4.78, 5) is 23.1. The minimum atomic E-state index is 0.0351. The van der Waals surface area contributed by atoms with E-state index in [9.17, 15) is 4.79 Å². The van der Waals surface area contributed by atoms with E-state index in [-0.39, 0.29) is 6.03 Å². The summed E-state index contributed by atoms with van der Waals surface area (Å²) < 4.78 is 5.41. The fraction of sp³-hybridized carbons (Fsp3) is 0.800. The highest BCUT2D eigenvalue weighted by atomic mass is 32.1. The van der Waals surface area contributed by atoms with Gasteiger partial charge in [0.15, 0.2) is 5.13 Å². The lowest BCUT2D eigenvalue weighted by Crippen LogP contribution is -2.41. The van der Waals surface area contributed by atoms with Gasteiger partial charge in [-0.1, -0.05) is 0 Å². The van der Waals surface area contributed by atoms with E-state index in [4.69, 9.17) is 4.74 Å². The summed E-state index contributed by atoms with van der Waals surface area (Å²) in [7, 11) is 0. The standard InChI is InChI=1S/C20H32N4O2S/c25-20(22-19-21-17-5-1-2-6-18(17)27-19)24-10-7-16(8-11-24)4-3-9-23-12-14-26-15-13-23/h16H,1-15H2,(H,21,22,25). The number of morpholine rings is 1. The predicted octanol–water partition coefficient (Wildman–Crippen LogP) is 3.38. The first-order chi connectivity index (χ1) is 13.3. The Morgan fingerprint density at radius 2 is 1.93 bits per heavy atom. The Morgan fingerprint density at radius 3 is 2.70 bits per heavy atom. The van der Waals surface area contributed by atoms with Crippen LogP contribution in [0.1, 0.15) is 49.1 Å². The Morgan fingerprint density at radius 1 is 1.15 bits per heavy atom. The number of piperidine rings is 1. The summed E-state index contributed by atoms with van der Waals surface area (Å²) in [6.07, 6.45) is 9.48. The van der Waals surface area contributed by atoms with Gasteiger partial charge in [0, 0.05) is 31.1 Å². The van der Waals surface area contributed by atoms with E-state index < -0.39 is 0 Å². The molecule has 0 bridgehead atoms. The van der Waals surface area contributed by atoms with Crippen LogP contribution in [0.4, 0.5) is 9.93 Å². The first-order valence-electron chi connectivity index (χ1n) is 10.6. The molecule has 6 nitrogen and oxygen atoms in total. The molecule has 3 heterocycles. The quantitative estimate of drug-likeness (QED) is 0.835. The van der Waals surface area contributed by atoms with Gasteiger partial charge < -0.3 is 9.64 Å². The fourth-order valence-electron chi connectivity index (χ4n) is 4.43. The number of amides is 2. The molecular formula is C20H32N4O2S. The van der Waals surface area contributed by atoms with Crippen LogP contribution in [0.15, 0.2) is 0 Å². The molecule has 150 valence electrons. The molecule has 0 aromatic carbocycles. The number of aromatic nitrogens is 1. The molecule has 1 aromatic heterocycles. The van der Waals surface area contributed by atoms with Crippen molar-refractivity contribution in [1.82, 2.24) is 14.8 Å². The van der Waals surface area contributed by atoms with Gasteiger partial charge in [0.1, 0.15) is 0 Å². The van der Waals surface area contributed by atoms with Crippen LogP contribution in [0.25, 0.3) is 0 Å². The van der Waals surface area contributed by atoms with E-state index in [1.807, 2.05) is 4.90 Å². The van der Waals surface area contributed by atoms with E-state index in [1.165, 1.54) is 42.8 Å². The fourth-order valence-corrected chi connectivity index (χ4v) is 5.47. The number of urea groups is 1. The molecule has 3 aliphatic rings. The molecule has 2 saturated heterocycles. The zero-order valence-electron chi connectivity index (χ0n) is 16.3. The molecule has 0 radical (unpaired) electrons. The van der Waals surface area contributed by atoms with Gasteiger partial charge in [0.05, 0.1) is 18.9 Å². The maximum absolute atomic E-state index is 12.6. The summed E-state index contributed by atoms with van der Waals surface area (Å²) >= 11 is 1.67. The smallest absolute Gasteiger partial charge is 0.323 e. The summed E-state index contributed by atoms with van der Waals surface area (Å²) in [5, 5.41) is 3.84. The molecule has 1 N–H and O–H groups in total. The molecular weight excluding hydrogens is 360 g/mol. The summed E-state index contributed by atoms with van der Waals surface area (Å²) in [5.41, 5.74) is 1.21. The Balaban J connectivity index is 1.16. The molecule has 0 unspecified atom stereocenters. The van der Waals surface area contributed by atoms with Crippen molar-refractivity contribution < 1.29 is 9.53 Å². The van der Waals surface area contributed by atoms with E-state index in [2.05, 4.69) is 15.2 Å². The van der Waals surface area contributed by atoms with Gasteiger partial charge >= 0.3 is 6.03 Å². The van der Waals surface area contributed by atoms with Crippen LogP contribution in [0.5, 0.6) is 0 Å². The maximum atomic E-state index is 12.6. The summed E-state index contributed by atoms with van der Waals surface area (Å²) in [5.74, 6) is 0.766. The number of carbonyl (C=O) groups excluding carboxylic acids is 1. The van der Waals surface area contributed by atoms with Crippen molar-refractivity contribution in [2.45, 2.75) is 51.4 Å². The van der Waals surface area contributed by atoms with Gasteiger partial charge in [-0.25, -0.2) is 9.78 Å². The molecule has 2 aliphatic heterocycles. The van der Waals surface area contributed by atoms with Crippen LogP contribution in [-0.2, 0) is 17.6 Å². The summed E-state index contributed by atoms with van der Waals surface area (Å²) in [6, 6.07) is 0.0351. The lowest BCUT2D eigenvalue weighted by molar-refractivity contribution is 0.0363. The number of ether oxygens (including phenoxy) is 1. The number of likely N-dealkylation sites (tertiary alicyclic amines) is 1. The normalized spacial score (nSPS) is 21.9. The van der Waals surface area contributed by atoms with Gasteiger partial charge in [-0.2, -0.15) is 0 Å². The third-order valence-corrected chi connectivity index (χ3v) is 7.22. The van der Waals surface area contributed by atoms with E-state index >= 15 is 0 Å². The molecule has 1 aliphatic carbocycles. The monoisotopic (exact) mass is 392 g/mol. The van der Waals surface area contributed by atoms with E-state index in [0.717, 1.165) is 76.1 Å². The van der Waals surface area contributed by atoms with E-state index in [1.54, 1.807) is 11.3 Å². The minimum absolute atomic E-state index is 0.0351. The molecule has 0 atom stereocenters. The number of thiazole rings is 1. The lowest BCUT2D eigenvalue weighted by atomic mass is 9.92. The van der Waals surface area contributed by atoms with Crippen molar-refractivity contribution in [3.05, 3.63) is 10.6 Å². The minimum Gasteiger partial charge on any atom is -0.379 e. The largest absolute Gasteiger partial charge is 0.379 e. The molecule has 2 amide bonds. The molecule has 4 rings (SSSR count). The number of nitrogens with zero attached hydrogens (tertiary/aromatic N) is 3. The third kappa shape index (κ3) is 5.21. The second kappa shape index (κ2) is 9.34. The number of nitrogens with one attached hydrogen (secondary N) is 1. The maximum Gasteiger partial charge on any atom is 0.323 e. The Hall–Kier alpha value is -1.18. The number of hydrogen-bond acceptors (Lipinski definition) is 5. The Bertz CT molecular complexity index is 598. The highest BCUT2D eigenvalue weighted by Gasteiger charge is 2.24. The zero-order chi connectivity index (χ0) is 18.5. The first-order valence-corrected chi connectivity index (χ1v) is 11.4. The van der Waals surface area contributed by atoms with Crippen molar-refractivity contribution >= 4 is 22.5 Å². The van der Waals surface area contributed by atoms with Gasteiger partial charge in [0.2, 0.25) is 0 Å². The van der Waals surface area contributed by atoms with Crippen LogP contribution in [0, 0.1) is 5.92 Å². The predicted molar refractivity (Wildman–Crippen MR) is 109 cm³/mol. The second-order valence-electron chi connectivity index (χ2n) is 8.05. The lowest BCUT2D eigenvalue weighted by Gasteiger charge is -2.32. The average molecular weight is 393 g/mol. The molecule has 0 saturated carbocycles. The molecule has 2 fully saturated rings. The first kappa shape index (κ1) is 19.2. The number of carbonyl (C=O) groups is 1. The van der Waals surface area contributed by atoms with Crippen LogP contribution >= 0.6 is 11.3 Å². The number of hydrogen-bond donors (Lipinski definition) is 1. The van der Waals surface area contributed by atoms with Crippen molar-refractivity contribution in [3.63, 3.8) is 0 Å². The SMILES string of the molecule is O=C(Nc1nc2c(s1)CCCC2)N1CCC(CCCN2CCOCC2)CC1. The van der Waals surface area contributed by atoms with Gasteiger partial charge in [-0.05, 0) is 63.8 Å². The van der Waals surface area contributed by atoms with Crippen LogP contribution in [-0.4, -0.2) is 66.8 Å². The number of rotatable bonds is 5. The Kier molecular flexibility index (Phi) is 6.63.